The molecule has 9 heteroatoms. The van der Waals surface area contributed by atoms with Crippen molar-refractivity contribution in [2.75, 3.05) is 37.2 Å². The molecule has 3 aromatic rings. The second kappa shape index (κ2) is 12.3. The lowest BCUT2D eigenvalue weighted by atomic mass is 9.89. The number of amides is 1. The Balaban J connectivity index is 1.47. The van der Waals surface area contributed by atoms with Crippen LogP contribution in [-0.4, -0.2) is 52.1 Å². The molecule has 3 aromatic carbocycles. The number of hydrogen-bond acceptors (Lipinski definition) is 4. The normalized spacial score (nSPS) is 17.9. The van der Waals surface area contributed by atoms with Crippen LogP contribution in [-0.2, 0) is 26.0 Å². The summed E-state index contributed by atoms with van der Waals surface area (Å²) in [5.74, 6) is -0.357. The van der Waals surface area contributed by atoms with Crippen molar-refractivity contribution >= 4 is 44.9 Å². The molecule has 1 amide bonds. The van der Waals surface area contributed by atoms with Crippen LogP contribution in [0.5, 0.6) is 0 Å². The minimum atomic E-state index is -3.88. The average molecular weight is 597 g/mol. The first-order valence-corrected chi connectivity index (χ1v) is 15.7. The van der Waals surface area contributed by atoms with Crippen molar-refractivity contribution in [2.45, 2.75) is 38.0 Å². The van der Waals surface area contributed by atoms with E-state index in [0.717, 1.165) is 16.7 Å². The Bertz CT molecular complexity index is 1560. The number of allylic oxidation sites excluding steroid dienone is 1. The Hall–Kier alpha value is -3.20. The van der Waals surface area contributed by atoms with Gasteiger partial charge in [0.1, 0.15) is 5.82 Å². The molecule has 216 valence electrons. The van der Waals surface area contributed by atoms with Gasteiger partial charge in [0.05, 0.1) is 28.8 Å². The van der Waals surface area contributed by atoms with E-state index in [-0.39, 0.29) is 23.3 Å². The number of anilines is 1. The van der Waals surface area contributed by atoms with Gasteiger partial charge >= 0.3 is 0 Å². The number of nitrogens with zero attached hydrogens (tertiary/aromatic N) is 2. The number of benzene rings is 3. The van der Waals surface area contributed by atoms with Gasteiger partial charge in [0, 0.05) is 31.6 Å². The van der Waals surface area contributed by atoms with Gasteiger partial charge in [0.2, 0.25) is 5.91 Å². The van der Waals surface area contributed by atoms with E-state index in [9.17, 15) is 17.6 Å². The lowest BCUT2D eigenvalue weighted by Gasteiger charge is -2.36. The van der Waals surface area contributed by atoms with Crippen LogP contribution in [0.4, 0.5) is 10.1 Å². The Labute approximate surface area is 246 Å². The van der Waals surface area contributed by atoms with Crippen LogP contribution in [0.3, 0.4) is 0 Å². The summed E-state index contributed by atoms with van der Waals surface area (Å²) in [5.41, 5.74) is 4.05. The molecule has 0 unspecified atom stereocenters. The summed E-state index contributed by atoms with van der Waals surface area (Å²) in [6, 6.07) is 17.2. The molecule has 5 rings (SSSR count). The molecule has 0 aliphatic carbocycles. The van der Waals surface area contributed by atoms with Crippen molar-refractivity contribution in [2.24, 2.45) is 5.92 Å². The highest BCUT2D eigenvalue weighted by molar-refractivity contribution is 7.92. The number of carbonyl (C=O) groups is 1. The van der Waals surface area contributed by atoms with Crippen molar-refractivity contribution in [1.29, 1.82) is 0 Å². The number of rotatable bonds is 7. The van der Waals surface area contributed by atoms with E-state index in [4.69, 9.17) is 16.3 Å². The van der Waals surface area contributed by atoms with Crippen molar-refractivity contribution in [3.05, 3.63) is 93.8 Å². The SMILES string of the molecule is C/C(=C\c1ccc2c(c1)N(S(=O)(=O)c1cccc(C)c1)C[C@H](CCC(=O)N1CCOCC1)C2)c1c(F)cccc1Cl. The van der Waals surface area contributed by atoms with Crippen molar-refractivity contribution < 1.29 is 22.3 Å². The van der Waals surface area contributed by atoms with Gasteiger partial charge in [-0.1, -0.05) is 48.0 Å². The first-order chi connectivity index (χ1) is 19.6. The summed E-state index contributed by atoms with van der Waals surface area (Å²) in [6.07, 6.45) is 3.42. The van der Waals surface area contributed by atoms with Gasteiger partial charge in [0.25, 0.3) is 10.0 Å². The van der Waals surface area contributed by atoms with Crippen LogP contribution in [0.25, 0.3) is 11.6 Å². The molecule has 0 aromatic heterocycles. The number of hydrogen-bond donors (Lipinski definition) is 0. The number of fused-ring (bicyclic) bond motifs is 1. The number of halogens is 2. The molecule has 2 heterocycles. The Morgan fingerprint density at radius 1 is 1.10 bits per heavy atom. The number of sulfonamides is 1. The van der Waals surface area contributed by atoms with E-state index in [0.29, 0.717) is 67.4 Å². The van der Waals surface area contributed by atoms with E-state index >= 15 is 0 Å². The Morgan fingerprint density at radius 3 is 2.59 bits per heavy atom. The molecule has 2 aliphatic heterocycles. The second-order valence-corrected chi connectivity index (χ2v) is 13.0. The summed E-state index contributed by atoms with van der Waals surface area (Å²) < 4.78 is 49.5. The number of morpholine rings is 1. The monoisotopic (exact) mass is 596 g/mol. The van der Waals surface area contributed by atoms with Gasteiger partial charge in [-0.15, -0.1) is 0 Å². The van der Waals surface area contributed by atoms with E-state index in [1.807, 2.05) is 42.2 Å². The molecule has 0 N–H and O–H groups in total. The van der Waals surface area contributed by atoms with Crippen LogP contribution >= 0.6 is 11.6 Å². The van der Waals surface area contributed by atoms with Crippen molar-refractivity contribution in [3.8, 4) is 0 Å². The molecule has 2 aliphatic rings. The van der Waals surface area contributed by atoms with Gasteiger partial charge in [-0.05, 0) is 85.2 Å². The Kier molecular flexibility index (Phi) is 8.82. The van der Waals surface area contributed by atoms with Gasteiger partial charge in [0.15, 0.2) is 0 Å². The summed E-state index contributed by atoms with van der Waals surface area (Å²) >= 11 is 6.29. The highest BCUT2D eigenvalue weighted by Gasteiger charge is 2.34. The molecule has 1 fully saturated rings. The lowest BCUT2D eigenvalue weighted by molar-refractivity contribution is -0.135. The van der Waals surface area contributed by atoms with E-state index in [2.05, 4.69) is 0 Å². The minimum Gasteiger partial charge on any atom is -0.378 e. The standard InChI is InChI=1S/C32H34ClFN2O4S/c1-22-5-3-6-27(17-22)41(38,39)36-21-25(10-12-31(37)35-13-15-40-16-14-35)19-26-11-9-24(20-30(26)36)18-23(2)32-28(33)7-4-8-29(32)34/h3-9,11,17-18,20,25H,10,12-16,19,21H2,1-2H3/b23-18+/t25-/m1/s1. The molecule has 1 atom stereocenters. The summed E-state index contributed by atoms with van der Waals surface area (Å²) in [4.78, 5) is 14.9. The molecule has 0 radical (unpaired) electrons. The number of carbonyl (C=O) groups excluding carboxylic acids is 1. The van der Waals surface area contributed by atoms with Gasteiger partial charge in [-0.3, -0.25) is 9.10 Å². The summed E-state index contributed by atoms with van der Waals surface area (Å²) in [7, 11) is -3.88. The predicted octanol–water partition coefficient (Wildman–Crippen LogP) is 6.35. The molecule has 41 heavy (non-hydrogen) atoms. The third-order valence-corrected chi connectivity index (χ3v) is 9.85. The predicted molar refractivity (Wildman–Crippen MR) is 161 cm³/mol. The second-order valence-electron chi connectivity index (χ2n) is 10.8. The molecule has 1 saturated heterocycles. The highest BCUT2D eigenvalue weighted by atomic mass is 35.5. The van der Waals surface area contributed by atoms with E-state index in [1.54, 1.807) is 37.3 Å². The minimum absolute atomic E-state index is 0.0209. The van der Waals surface area contributed by atoms with Crippen LogP contribution in [0.15, 0.2) is 65.6 Å². The Morgan fingerprint density at radius 2 is 1.85 bits per heavy atom. The lowest BCUT2D eigenvalue weighted by Crippen LogP contribution is -2.42. The van der Waals surface area contributed by atoms with Gasteiger partial charge in [-0.2, -0.15) is 0 Å². The quantitative estimate of drug-likeness (QED) is 0.298. The molecule has 0 bridgehead atoms. The third-order valence-electron chi connectivity index (χ3n) is 7.76. The van der Waals surface area contributed by atoms with E-state index in [1.165, 1.54) is 10.4 Å². The van der Waals surface area contributed by atoms with Crippen LogP contribution < -0.4 is 4.31 Å². The maximum Gasteiger partial charge on any atom is 0.264 e. The zero-order valence-electron chi connectivity index (χ0n) is 23.3. The van der Waals surface area contributed by atoms with Crippen molar-refractivity contribution in [3.63, 3.8) is 0 Å². The smallest absolute Gasteiger partial charge is 0.264 e. The fourth-order valence-corrected chi connectivity index (χ4v) is 7.59. The molecular weight excluding hydrogens is 563 g/mol. The average Bonchev–Trinajstić information content (AvgIpc) is 2.96. The van der Waals surface area contributed by atoms with Crippen LogP contribution in [0.1, 0.15) is 42.0 Å². The molecule has 0 saturated carbocycles. The molecular formula is C32H34ClFN2O4S. The maximum atomic E-state index is 14.6. The zero-order valence-corrected chi connectivity index (χ0v) is 24.8. The zero-order chi connectivity index (χ0) is 29.1. The van der Waals surface area contributed by atoms with Crippen LogP contribution in [0, 0.1) is 18.7 Å². The fourth-order valence-electron chi connectivity index (χ4n) is 5.60. The van der Waals surface area contributed by atoms with E-state index < -0.39 is 15.8 Å². The summed E-state index contributed by atoms with van der Waals surface area (Å²) in [6.45, 7) is 6.19. The first kappa shape index (κ1) is 29.3. The van der Waals surface area contributed by atoms with Crippen LogP contribution in [0.2, 0.25) is 5.02 Å². The largest absolute Gasteiger partial charge is 0.378 e. The van der Waals surface area contributed by atoms with Gasteiger partial charge in [-0.25, -0.2) is 12.8 Å². The van der Waals surface area contributed by atoms with Gasteiger partial charge < -0.3 is 9.64 Å². The number of ether oxygens (including phenoxy) is 1. The number of aryl methyl sites for hydroxylation is 1. The molecule has 6 nitrogen and oxygen atoms in total. The molecule has 0 spiro atoms. The highest BCUT2D eigenvalue weighted by Crippen LogP contribution is 2.37. The fraction of sp³-hybridized carbons (Fsp3) is 0.344. The third kappa shape index (κ3) is 6.50. The van der Waals surface area contributed by atoms with Crippen molar-refractivity contribution in [1.82, 2.24) is 4.90 Å². The first-order valence-electron chi connectivity index (χ1n) is 13.8. The summed E-state index contributed by atoms with van der Waals surface area (Å²) in [5, 5.41) is 0.315. The maximum absolute atomic E-state index is 14.6. The topological polar surface area (TPSA) is 66.9 Å².